The van der Waals surface area contributed by atoms with Gasteiger partial charge in [-0.1, -0.05) is 5.16 Å². The number of carbonyl (C=O) groups is 1. The third-order valence-electron chi connectivity index (χ3n) is 3.75. The summed E-state index contributed by atoms with van der Waals surface area (Å²) in [6, 6.07) is 3.54. The van der Waals surface area contributed by atoms with E-state index in [2.05, 4.69) is 15.4 Å². The molecule has 2 aromatic heterocycles. The van der Waals surface area contributed by atoms with Crippen molar-refractivity contribution < 1.29 is 14.1 Å². The molecule has 0 bridgehead atoms. The van der Waals surface area contributed by atoms with E-state index in [0.717, 1.165) is 12.8 Å². The Labute approximate surface area is 128 Å². The maximum Gasteiger partial charge on any atom is 0.259 e. The van der Waals surface area contributed by atoms with Crippen molar-refractivity contribution in [1.29, 1.82) is 0 Å². The van der Waals surface area contributed by atoms with Crippen LogP contribution in [0.2, 0.25) is 0 Å². The Morgan fingerprint density at radius 1 is 1.45 bits per heavy atom. The molecule has 1 aliphatic heterocycles. The smallest absolute Gasteiger partial charge is 0.259 e. The molecule has 7 heteroatoms. The van der Waals surface area contributed by atoms with Crippen LogP contribution in [0, 0.1) is 13.8 Å². The van der Waals surface area contributed by atoms with Crippen LogP contribution in [-0.4, -0.2) is 45.4 Å². The van der Waals surface area contributed by atoms with E-state index in [1.807, 2.05) is 0 Å². The molecule has 3 rings (SSSR count). The fraction of sp³-hybridized carbons (Fsp3) is 0.467. The number of nitrogens with zero attached hydrogens (tertiary/aromatic N) is 4. The first-order valence-electron chi connectivity index (χ1n) is 7.31. The van der Waals surface area contributed by atoms with E-state index in [0.29, 0.717) is 36.0 Å². The lowest BCUT2D eigenvalue weighted by atomic mass is 10.1. The van der Waals surface area contributed by atoms with Gasteiger partial charge in [0.1, 0.15) is 17.4 Å². The van der Waals surface area contributed by atoms with Crippen molar-refractivity contribution in [2.75, 3.05) is 13.1 Å². The molecule has 0 spiro atoms. The number of hydrogen-bond donors (Lipinski definition) is 0. The van der Waals surface area contributed by atoms with Gasteiger partial charge in [0.2, 0.25) is 5.88 Å². The molecule has 22 heavy (non-hydrogen) atoms. The van der Waals surface area contributed by atoms with Crippen LogP contribution < -0.4 is 4.74 Å². The van der Waals surface area contributed by atoms with Gasteiger partial charge < -0.3 is 14.2 Å². The van der Waals surface area contributed by atoms with Crippen molar-refractivity contribution in [2.45, 2.75) is 32.8 Å². The van der Waals surface area contributed by atoms with Crippen molar-refractivity contribution in [3.05, 3.63) is 35.3 Å². The number of amides is 1. The monoisotopic (exact) mass is 302 g/mol. The maximum absolute atomic E-state index is 12.6. The number of ether oxygens (including phenoxy) is 1. The van der Waals surface area contributed by atoms with Gasteiger partial charge in [-0.3, -0.25) is 4.79 Å². The van der Waals surface area contributed by atoms with Gasteiger partial charge in [-0.15, -0.1) is 5.10 Å². The minimum atomic E-state index is -0.0742. The number of hydrogen-bond acceptors (Lipinski definition) is 6. The molecule has 3 heterocycles. The van der Waals surface area contributed by atoms with Crippen molar-refractivity contribution in [3.63, 3.8) is 0 Å². The molecule has 0 N–H and O–H groups in total. The lowest BCUT2D eigenvalue weighted by molar-refractivity contribution is 0.0523. The second-order valence-corrected chi connectivity index (χ2v) is 5.39. The number of aromatic nitrogens is 3. The lowest BCUT2D eigenvalue weighted by Gasteiger charge is -2.32. The first-order valence-corrected chi connectivity index (χ1v) is 7.31. The summed E-state index contributed by atoms with van der Waals surface area (Å²) in [5.41, 5.74) is 1.18. The summed E-state index contributed by atoms with van der Waals surface area (Å²) < 4.78 is 10.9. The Balaban J connectivity index is 1.69. The summed E-state index contributed by atoms with van der Waals surface area (Å²) in [6.45, 7) is 4.77. The van der Waals surface area contributed by atoms with Gasteiger partial charge in [-0.25, -0.2) is 0 Å². The third kappa shape index (κ3) is 2.93. The molecule has 1 fully saturated rings. The number of rotatable bonds is 3. The summed E-state index contributed by atoms with van der Waals surface area (Å²) in [5, 5.41) is 11.6. The molecule has 1 atom stereocenters. The molecule has 1 saturated heterocycles. The molecule has 0 aliphatic carbocycles. The van der Waals surface area contributed by atoms with E-state index >= 15 is 0 Å². The molecule has 7 nitrogen and oxygen atoms in total. The van der Waals surface area contributed by atoms with E-state index < -0.39 is 0 Å². The average Bonchev–Trinajstić information content (AvgIpc) is 2.87. The van der Waals surface area contributed by atoms with Crippen LogP contribution in [0.4, 0.5) is 0 Å². The fourth-order valence-electron chi connectivity index (χ4n) is 2.69. The van der Waals surface area contributed by atoms with Gasteiger partial charge in [0.15, 0.2) is 0 Å². The van der Waals surface area contributed by atoms with Crippen LogP contribution in [-0.2, 0) is 0 Å². The standard InChI is InChI=1S/C15H18N4O3/c1-10-14(11(2)22-18-10)15(20)19-8-4-5-12(9-19)21-13-6-3-7-16-17-13/h3,6-7,12H,4-5,8-9H2,1-2H3. The molecule has 116 valence electrons. The topological polar surface area (TPSA) is 81.4 Å². The van der Waals surface area contributed by atoms with E-state index in [4.69, 9.17) is 9.26 Å². The number of aryl methyl sites for hydroxylation is 2. The lowest BCUT2D eigenvalue weighted by Crippen LogP contribution is -2.44. The summed E-state index contributed by atoms with van der Waals surface area (Å²) in [7, 11) is 0. The minimum Gasteiger partial charge on any atom is -0.471 e. The predicted octanol–water partition coefficient (Wildman–Crippen LogP) is 1.77. The van der Waals surface area contributed by atoms with Crippen LogP contribution in [0.5, 0.6) is 5.88 Å². The Bertz CT molecular complexity index is 637. The number of piperidine rings is 1. The normalized spacial score (nSPS) is 18.3. The van der Waals surface area contributed by atoms with Crippen LogP contribution in [0.3, 0.4) is 0 Å². The van der Waals surface area contributed by atoms with E-state index in [9.17, 15) is 4.79 Å². The molecular formula is C15H18N4O3. The van der Waals surface area contributed by atoms with Crippen molar-refractivity contribution >= 4 is 5.91 Å². The SMILES string of the molecule is Cc1noc(C)c1C(=O)N1CCCC(Oc2cccnn2)C1. The molecular weight excluding hydrogens is 284 g/mol. The third-order valence-corrected chi connectivity index (χ3v) is 3.75. The second kappa shape index (κ2) is 6.13. The minimum absolute atomic E-state index is 0.0521. The number of likely N-dealkylation sites (tertiary alicyclic amines) is 1. The summed E-state index contributed by atoms with van der Waals surface area (Å²) in [5.74, 6) is 0.988. The summed E-state index contributed by atoms with van der Waals surface area (Å²) in [4.78, 5) is 14.4. The predicted molar refractivity (Wildman–Crippen MR) is 77.6 cm³/mol. The highest BCUT2D eigenvalue weighted by atomic mass is 16.5. The van der Waals surface area contributed by atoms with Crippen LogP contribution >= 0.6 is 0 Å². The van der Waals surface area contributed by atoms with Gasteiger partial charge in [0.25, 0.3) is 5.91 Å². The Kier molecular flexibility index (Phi) is 4.04. The molecule has 2 aromatic rings. The van der Waals surface area contributed by atoms with Crippen LogP contribution in [0.25, 0.3) is 0 Å². The van der Waals surface area contributed by atoms with E-state index in [-0.39, 0.29) is 12.0 Å². The zero-order chi connectivity index (χ0) is 15.5. The summed E-state index contributed by atoms with van der Waals surface area (Å²) in [6.07, 6.45) is 3.30. The molecule has 0 radical (unpaired) electrons. The Morgan fingerprint density at radius 3 is 3.00 bits per heavy atom. The van der Waals surface area contributed by atoms with Crippen LogP contribution in [0.15, 0.2) is 22.9 Å². The molecule has 1 amide bonds. The zero-order valence-electron chi connectivity index (χ0n) is 12.7. The first-order chi connectivity index (χ1) is 10.6. The van der Waals surface area contributed by atoms with E-state index in [1.54, 1.807) is 37.1 Å². The van der Waals surface area contributed by atoms with Crippen LogP contribution in [0.1, 0.15) is 34.7 Å². The quantitative estimate of drug-likeness (QED) is 0.859. The molecule has 1 unspecified atom stereocenters. The first kappa shape index (κ1) is 14.5. The molecule has 0 saturated carbocycles. The van der Waals surface area contributed by atoms with Crippen molar-refractivity contribution in [3.8, 4) is 5.88 Å². The second-order valence-electron chi connectivity index (χ2n) is 5.39. The van der Waals surface area contributed by atoms with Gasteiger partial charge in [-0.05, 0) is 32.8 Å². The average molecular weight is 302 g/mol. The van der Waals surface area contributed by atoms with Crippen molar-refractivity contribution in [2.24, 2.45) is 0 Å². The zero-order valence-corrected chi connectivity index (χ0v) is 12.7. The summed E-state index contributed by atoms with van der Waals surface area (Å²) >= 11 is 0. The van der Waals surface area contributed by atoms with E-state index in [1.165, 1.54) is 0 Å². The Hall–Kier alpha value is -2.44. The highest BCUT2D eigenvalue weighted by molar-refractivity contribution is 5.96. The molecule has 1 aliphatic rings. The van der Waals surface area contributed by atoms with Gasteiger partial charge in [0.05, 0.1) is 12.2 Å². The van der Waals surface area contributed by atoms with Crippen molar-refractivity contribution in [1.82, 2.24) is 20.3 Å². The number of carbonyl (C=O) groups excluding carboxylic acids is 1. The highest BCUT2D eigenvalue weighted by Gasteiger charge is 2.29. The Morgan fingerprint density at radius 2 is 2.32 bits per heavy atom. The highest BCUT2D eigenvalue weighted by Crippen LogP contribution is 2.20. The van der Waals surface area contributed by atoms with Gasteiger partial charge in [0, 0.05) is 18.8 Å². The molecule has 0 aromatic carbocycles. The van der Waals surface area contributed by atoms with Gasteiger partial charge >= 0.3 is 0 Å². The largest absolute Gasteiger partial charge is 0.471 e. The maximum atomic E-state index is 12.6. The fourth-order valence-corrected chi connectivity index (χ4v) is 2.69. The van der Waals surface area contributed by atoms with Gasteiger partial charge in [-0.2, -0.15) is 5.10 Å².